The highest BCUT2D eigenvalue weighted by atomic mass is 16.7. The molecule has 0 aliphatic carbocycles. The lowest BCUT2D eigenvalue weighted by molar-refractivity contribution is -0.193. The van der Waals surface area contributed by atoms with E-state index in [9.17, 15) is 4.79 Å². The van der Waals surface area contributed by atoms with E-state index in [1.807, 2.05) is 19.0 Å². The highest BCUT2D eigenvalue weighted by Crippen LogP contribution is 2.26. The predicted octanol–water partition coefficient (Wildman–Crippen LogP) is 1.86. The molecular formula is C16H35N3O3. The Morgan fingerprint density at radius 3 is 2.23 bits per heavy atom. The van der Waals surface area contributed by atoms with Gasteiger partial charge in [0.1, 0.15) is 6.73 Å². The van der Waals surface area contributed by atoms with Gasteiger partial charge in [0.05, 0.1) is 6.61 Å². The Hall–Kier alpha value is -0.690. The van der Waals surface area contributed by atoms with Crippen molar-refractivity contribution in [2.45, 2.75) is 54.0 Å². The Morgan fingerprint density at radius 2 is 1.77 bits per heavy atom. The summed E-state index contributed by atoms with van der Waals surface area (Å²) < 4.78 is 0. The van der Waals surface area contributed by atoms with Gasteiger partial charge in [0.25, 0.3) is 0 Å². The van der Waals surface area contributed by atoms with Crippen LogP contribution in [0.2, 0.25) is 0 Å². The third-order valence-corrected chi connectivity index (χ3v) is 4.02. The van der Waals surface area contributed by atoms with Gasteiger partial charge in [-0.05, 0) is 24.7 Å². The van der Waals surface area contributed by atoms with Crippen LogP contribution in [0, 0.1) is 17.3 Å². The van der Waals surface area contributed by atoms with Crippen molar-refractivity contribution < 1.29 is 14.7 Å². The quantitative estimate of drug-likeness (QED) is 0.475. The number of rotatable bonds is 10. The first-order valence-electron chi connectivity index (χ1n) is 7.98. The Bertz CT molecular complexity index is 335. The van der Waals surface area contributed by atoms with Crippen LogP contribution in [-0.2, 0) is 9.63 Å². The van der Waals surface area contributed by atoms with Crippen molar-refractivity contribution in [3.63, 3.8) is 0 Å². The van der Waals surface area contributed by atoms with Crippen LogP contribution in [0.4, 0.5) is 0 Å². The van der Waals surface area contributed by atoms with Gasteiger partial charge in [0, 0.05) is 26.1 Å². The van der Waals surface area contributed by atoms with Crippen molar-refractivity contribution in [1.82, 2.24) is 15.5 Å². The number of carbonyl (C=O) groups excluding carboxylic acids is 1. The van der Waals surface area contributed by atoms with Crippen LogP contribution in [-0.4, -0.2) is 54.6 Å². The van der Waals surface area contributed by atoms with Gasteiger partial charge in [-0.3, -0.25) is 15.1 Å². The summed E-state index contributed by atoms with van der Waals surface area (Å²) in [5.41, 5.74) is 2.53. The van der Waals surface area contributed by atoms with E-state index in [1.165, 1.54) is 5.01 Å². The molecule has 0 spiro atoms. The molecule has 0 rings (SSSR count). The standard InChI is InChI=1S/C16H35N3O3/c1-12(2)14(4)19(8)22-10-16(5,6)9-13(3)15(21)17-18(7)11-20/h12-14,20H,9-11H2,1-8H3,(H,17,21). The minimum Gasteiger partial charge on any atom is -0.379 e. The van der Waals surface area contributed by atoms with E-state index in [1.54, 1.807) is 7.05 Å². The van der Waals surface area contributed by atoms with E-state index in [-0.39, 0.29) is 24.0 Å². The number of aliphatic hydroxyl groups is 1. The maximum atomic E-state index is 12.0. The third kappa shape index (κ3) is 8.08. The normalized spacial score (nSPS) is 15.5. The molecule has 6 heteroatoms. The van der Waals surface area contributed by atoms with Crippen molar-refractivity contribution in [3.8, 4) is 0 Å². The zero-order valence-electron chi connectivity index (χ0n) is 15.5. The van der Waals surface area contributed by atoms with Crippen LogP contribution in [0.3, 0.4) is 0 Å². The Balaban J connectivity index is 4.36. The number of hydrogen-bond donors (Lipinski definition) is 2. The molecular weight excluding hydrogens is 282 g/mol. The Morgan fingerprint density at radius 1 is 1.23 bits per heavy atom. The molecule has 6 nitrogen and oxygen atoms in total. The van der Waals surface area contributed by atoms with Crippen molar-refractivity contribution in [3.05, 3.63) is 0 Å². The Labute approximate surface area is 135 Å². The third-order valence-electron chi connectivity index (χ3n) is 4.02. The summed E-state index contributed by atoms with van der Waals surface area (Å²) in [5.74, 6) is 0.279. The number of carbonyl (C=O) groups is 1. The van der Waals surface area contributed by atoms with E-state index >= 15 is 0 Å². The van der Waals surface area contributed by atoms with E-state index in [0.717, 1.165) is 0 Å². The maximum Gasteiger partial charge on any atom is 0.237 e. The lowest BCUT2D eigenvalue weighted by Crippen LogP contribution is -2.43. The van der Waals surface area contributed by atoms with Crippen LogP contribution in [0.25, 0.3) is 0 Å². The van der Waals surface area contributed by atoms with Gasteiger partial charge < -0.3 is 5.11 Å². The second-order valence-electron chi connectivity index (χ2n) is 7.39. The molecule has 2 unspecified atom stereocenters. The highest BCUT2D eigenvalue weighted by molar-refractivity contribution is 5.77. The average molecular weight is 317 g/mol. The van der Waals surface area contributed by atoms with E-state index in [0.29, 0.717) is 25.0 Å². The minimum absolute atomic E-state index is 0.0893. The van der Waals surface area contributed by atoms with Gasteiger partial charge in [0.2, 0.25) is 5.91 Å². The summed E-state index contributed by atoms with van der Waals surface area (Å²) >= 11 is 0. The zero-order valence-corrected chi connectivity index (χ0v) is 15.5. The van der Waals surface area contributed by atoms with Crippen molar-refractivity contribution in [1.29, 1.82) is 0 Å². The molecule has 1 amide bonds. The van der Waals surface area contributed by atoms with Gasteiger partial charge in [-0.25, -0.2) is 0 Å². The van der Waals surface area contributed by atoms with Gasteiger partial charge in [-0.2, -0.15) is 10.1 Å². The average Bonchev–Trinajstić information content (AvgIpc) is 2.42. The first-order chi connectivity index (χ1) is 10.00. The molecule has 0 aliphatic heterocycles. The molecule has 0 heterocycles. The van der Waals surface area contributed by atoms with E-state index in [2.05, 4.69) is 40.0 Å². The summed E-state index contributed by atoms with van der Waals surface area (Å²) in [7, 11) is 3.58. The fourth-order valence-electron chi connectivity index (χ4n) is 2.13. The number of hydroxylamine groups is 2. The summed E-state index contributed by atoms with van der Waals surface area (Å²) in [5, 5.41) is 12.2. The largest absolute Gasteiger partial charge is 0.379 e. The molecule has 0 aromatic rings. The molecule has 0 saturated heterocycles. The number of amides is 1. The highest BCUT2D eigenvalue weighted by Gasteiger charge is 2.27. The van der Waals surface area contributed by atoms with Gasteiger partial charge in [-0.15, -0.1) is 0 Å². The molecule has 0 aromatic carbocycles. The number of nitrogens with one attached hydrogen (secondary N) is 1. The van der Waals surface area contributed by atoms with Crippen molar-refractivity contribution in [2.75, 3.05) is 27.4 Å². The predicted molar refractivity (Wildman–Crippen MR) is 88.6 cm³/mol. The smallest absolute Gasteiger partial charge is 0.237 e. The molecule has 0 saturated carbocycles. The second kappa shape index (κ2) is 9.45. The molecule has 0 aromatic heterocycles. The van der Waals surface area contributed by atoms with Crippen LogP contribution in [0.1, 0.15) is 48.0 Å². The molecule has 0 fully saturated rings. The molecule has 0 radical (unpaired) electrons. The SMILES string of the molecule is CC(CC(C)(C)CON(C)C(C)C(C)C)C(=O)NN(C)CO. The minimum atomic E-state index is -0.206. The molecule has 132 valence electrons. The second-order valence-corrected chi connectivity index (χ2v) is 7.39. The van der Waals surface area contributed by atoms with Crippen molar-refractivity contribution in [2.24, 2.45) is 17.3 Å². The lowest BCUT2D eigenvalue weighted by atomic mass is 9.84. The van der Waals surface area contributed by atoms with Gasteiger partial charge in [-0.1, -0.05) is 34.6 Å². The van der Waals surface area contributed by atoms with Crippen LogP contribution in [0.5, 0.6) is 0 Å². The van der Waals surface area contributed by atoms with Crippen molar-refractivity contribution >= 4 is 5.91 Å². The zero-order chi connectivity index (χ0) is 17.5. The first-order valence-corrected chi connectivity index (χ1v) is 7.98. The summed E-state index contributed by atoms with van der Waals surface area (Å²) in [6, 6.07) is 0.342. The van der Waals surface area contributed by atoms with E-state index < -0.39 is 0 Å². The Kier molecular flexibility index (Phi) is 9.15. The molecule has 0 bridgehead atoms. The molecule has 22 heavy (non-hydrogen) atoms. The number of hydrazine groups is 1. The van der Waals surface area contributed by atoms with Gasteiger partial charge in [0.15, 0.2) is 0 Å². The molecule has 2 atom stereocenters. The summed E-state index contributed by atoms with van der Waals surface area (Å²) in [4.78, 5) is 17.9. The fourth-order valence-corrected chi connectivity index (χ4v) is 2.13. The van der Waals surface area contributed by atoms with Gasteiger partial charge >= 0.3 is 0 Å². The summed E-state index contributed by atoms with van der Waals surface area (Å²) in [6.07, 6.45) is 0.710. The molecule has 0 aliphatic rings. The van der Waals surface area contributed by atoms with Crippen LogP contribution >= 0.6 is 0 Å². The monoisotopic (exact) mass is 317 g/mol. The van der Waals surface area contributed by atoms with Crippen LogP contribution < -0.4 is 5.43 Å². The number of nitrogens with zero attached hydrogens (tertiary/aromatic N) is 2. The number of aliphatic hydroxyl groups excluding tert-OH is 1. The summed E-state index contributed by atoms with van der Waals surface area (Å²) in [6.45, 7) is 12.9. The van der Waals surface area contributed by atoms with Crippen LogP contribution in [0.15, 0.2) is 0 Å². The molecule has 2 N–H and O–H groups in total. The first kappa shape index (κ1) is 21.3. The fraction of sp³-hybridized carbons (Fsp3) is 0.938. The number of hydrogen-bond acceptors (Lipinski definition) is 5. The topological polar surface area (TPSA) is 65.0 Å². The van der Waals surface area contributed by atoms with E-state index in [4.69, 9.17) is 9.94 Å². The lowest BCUT2D eigenvalue weighted by Gasteiger charge is -2.33. The maximum absolute atomic E-state index is 12.0.